The maximum Gasteiger partial charge on any atom is 0.338 e. The van der Waals surface area contributed by atoms with E-state index < -0.39 is 5.97 Å². The number of anilines is 1. The molecule has 4 aromatic rings. The van der Waals surface area contributed by atoms with Crippen molar-refractivity contribution in [3.63, 3.8) is 0 Å². The first-order valence-electron chi connectivity index (χ1n) is 13.3. The molecule has 9 nitrogen and oxygen atoms in total. The Morgan fingerprint density at radius 2 is 1.82 bits per heavy atom. The molecule has 39 heavy (non-hydrogen) atoms. The van der Waals surface area contributed by atoms with Crippen molar-refractivity contribution >= 4 is 45.1 Å². The molecule has 1 aliphatic rings. The third kappa shape index (κ3) is 4.42. The average Bonchev–Trinajstić information content (AvgIpc) is 3.27. The van der Waals surface area contributed by atoms with Crippen LogP contribution in [0.25, 0.3) is 27.5 Å². The molecule has 1 aromatic heterocycles. The molecule has 0 atom stereocenters. The Morgan fingerprint density at radius 3 is 2.41 bits per heavy atom. The first kappa shape index (κ1) is 26.4. The van der Waals surface area contributed by atoms with Crippen molar-refractivity contribution < 1.29 is 9.90 Å². The summed E-state index contributed by atoms with van der Waals surface area (Å²) < 4.78 is 2.04. The van der Waals surface area contributed by atoms with Crippen LogP contribution in [-0.2, 0) is 0 Å². The number of aromatic nitrogens is 2. The summed E-state index contributed by atoms with van der Waals surface area (Å²) in [5, 5.41) is 32.3. The summed E-state index contributed by atoms with van der Waals surface area (Å²) >= 11 is 0. The van der Waals surface area contributed by atoms with E-state index in [1.165, 1.54) is 0 Å². The number of benzene rings is 3. The molecule has 5 rings (SSSR count). The van der Waals surface area contributed by atoms with E-state index >= 15 is 0 Å². The van der Waals surface area contributed by atoms with Gasteiger partial charge < -0.3 is 21.1 Å². The van der Waals surface area contributed by atoms with E-state index in [0.717, 1.165) is 53.9 Å². The van der Waals surface area contributed by atoms with Gasteiger partial charge in [0.1, 0.15) is 17.2 Å². The van der Waals surface area contributed by atoms with E-state index in [2.05, 4.69) is 5.32 Å². The Balaban J connectivity index is 1.89. The minimum absolute atomic E-state index is 0.000887. The van der Waals surface area contributed by atoms with Crippen LogP contribution in [0.2, 0.25) is 0 Å². The number of nitrogens with one attached hydrogen (secondary N) is 3. The highest BCUT2D eigenvalue weighted by molar-refractivity contribution is 6.11. The fourth-order valence-corrected chi connectivity index (χ4v) is 5.89. The Morgan fingerprint density at radius 1 is 1.15 bits per heavy atom. The van der Waals surface area contributed by atoms with E-state index in [1.54, 1.807) is 6.92 Å². The number of aromatic carboxylic acids is 1. The number of imidazole rings is 1. The summed E-state index contributed by atoms with van der Waals surface area (Å²) in [5.41, 5.74) is 9.99. The van der Waals surface area contributed by atoms with Crippen molar-refractivity contribution in [3.8, 4) is 5.69 Å². The smallest absolute Gasteiger partial charge is 0.338 e. The number of rotatable bonds is 6. The lowest BCUT2D eigenvalue weighted by Gasteiger charge is -2.36. The van der Waals surface area contributed by atoms with Crippen LogP contribution in [0, 0.1) is 17.7 Å². The van der Waals surface area contributed by atoms with Gasteiger partial charge in [0.2, 0.25) is 0 Å². The fourth-order valence-electron chi connectivity index (χ4n) is 5.89. The van der Waals surface area contributed by atoms with Crippen LogP contribution in [0.4, 0.5) is 5.69 Å². The number of carbonyl (C=O) groups is 1. The van der Waals surface area contributed by atoms with Gasteiger partial charge in [-0.1, -0.05) is 38.1 Å². The quantitative estimate of drug-likeness (QED) is 0.174. The molecule has 0 aliphatic carbocycles. The van der Waals surface area contributed by atoms with Gasteiger partial charge in [0.05, 0.1) is 22.6 Å². The van der Waals surface area contributed by atoms with E-state index in [9.17, 15) is 9.90 Å². The third-order valence-corrected chi connectivity index (χ3v) is 7.67. The van der Waals surface area contributed by atoms with E-state index in [-0.39, 0.29) is 23.4 Å². The number of fused-ring (bicyclic) bond motifs is 2. The second-order valence-electron chi connectivity index (χ2n) is 10.6. The highest BCUT2D eigenvalue weighted by Crippen LogP contribution is 2.38. The van der Waals surface area contributed by atoms with Gasteiger partial charge in [-0.2, -0.15) is 0 Å². The van der Waals surface area contributed by atoms with Gasteiger partial charge >= 0.3 is 5.97 Å². The zero-order chi connectivity index (χ0) is 28.0. The Kier molecular flexibility index (Phi) is 6.86. The lowest BCUT2D eigenvalue weighted by atomic mass is 9.98. The number of hydrogen-bond donors (Lipinski definition) is 5. The SMILES string of the molecule is CC(=N)N(c1cc2c(nc(C(C)C)n2-c2ccc(C(=N)N)c3ccccc23)c(C(=O)O)c1C)C1CCNCC1. The van der Waals surface area contributed by atoms with Gasteiger partial charge in [0.15, 0.2) is 0 Å². The summed E-state index contributed by atoms with van der Waals surface area (Å²) in [6.45, 7) is 9.37. The number of carboxylic acids is 1. The number of piperidine rings is 1. The topological polar surface area (TPSA) is 144 Å². The van der Waals surface area contributed by atoms with Crippen molar-refractivity contribution in [1.82, 2.24) is 14.9 Å². The molecule has 1 saturated heterocycles. The summed E-state index contributed by atoms with van der Waals surface area (Å²) in [4.78, 5) is 19.7. The minimum atomic E-state index is -1.04. The van der Waals surface area contributed by atoms with Gasteiger partial charge in [-0.15, -0.1) is 0 Å². The predicted octanol–water partition coefficient (Wildman–Crippen LogP) is 5.15. The fraction of sp³-hybridized carbons (Fsp3) is 0.333. The molecule has 0 unspecified atom stereocenters. The maximum atomic E-state index is 12.7. The Hall–Kier alpha value is -4.24. The molecule has 1 aliphatic heterocycles. The molecule has 6 N–H and O–H groups in total. The molecular formula is C30H35N7O2. The average molecular weight is 526 g/mol. The van der Waals surface area contributed by atoms with Crippen LogP contribution in [0.15, 0.2) is 42.5 Å². The zero-order valence-electron chi connectivity index (χ0n) is 22.8. The molecule has 0 spiro atoms. The van der Waals surface area contributed by atoms with E-state index in [0.29, 0.717) is 28.0 Å². The van der Waals surface area contributed by atoms with Gasteiger partial charge in [-0.25, -0.2) is 9.78 Å². The highest BCUT2D eigenvalue weighted by Gasteiger charge is 2.30. The summed E-state index contributed by atoms with van der Waals surface area (Å²) in [6.07, 6.45) is 1.73. The summed E-state index contributed by atoms with van der Waals surface area (Å²) in [5.74, 6) is 0.0716. The number of nitrogens with two attached hydrogens (primary N) is 1. The van der Waals surface area contributed by atoms with Crippen LogP contribution >= 0.6 is 0 Å². The number of amidine groups is 2. The third-order valence-electron chi connectivity index (χ3n) is 7.67. The number of carboxylic acid groups (broad SMARTS) is 1. The number of nitrogens with zero attached hydrogens (tertiary/aromatic N) is 3. The molecule has 9 heteroatoms. The normalized spacial score (nSPS) is 14.3. The van der Waals surface area contributed by atoms with Gasteiger partial charge in [-0.05, 0) is 68.9 Å². The van der Waals surface area contributed by atoms with Gasteiger partial charge in [0.25, 0.3) is 0 Å². The lowest BCUT2D eigenvalue weighted by Crippen LogP contribution is -2.45. The lowest BCUT2D eigenvalue weighted by molar-refractivity contribution is 0.0698. The van der Waals surface area contributed by atoms with Crippen LogP contribution in [0.1, 0.15) is 66.8 Å². The predicted molar refractivity (Wildman–Crippen MR) is 157 cm³/mol. The maximum absolute atomic E-state index is 12.7. The van der Waals surface area contributed by atoms with E-state index in [1.807, 2.05) is 72.7 Å². The largest absolute Gasteiger partial charge is 0.478 e. The van der Waals surface area contributed by atoms with Gasteiger partial charge in [0, 0.05) is 28.6 Å². The number of hydrogen-bond acceptors (Lipinski definition) is 5. The highest BCUT2D eigenvalue weighted by atomic mass is 16.4. The van der Waals surface area contributed by atoms with Crippen molar-refractivity contribution in [2.24, 2.45) is 5.73 Å². The number of nitrogen functional groups attached to an aromatic ring is 1. The van der Waals surface area contributed by atoms with Crippen molar-refractivity contribution in [2.75, 3.05) is 18.0 Å². The Labute approximate surface area is 227 Å². The van der Waals surface area contributed by atoms with Crippen molar-refractivity contribution in [3.05, 3.63) is 65.0 Å². The molecule has 0 radical (unpaired) electrons. The Bertz CT molecular complexity index is 1630. The summed E-state index contributed by atoms with van der Waals surface area (Å²) in [6, 6.07) is 13.7. The first-order chi connectivity index (χ1) is 18.6. The summed E-state index contributed by atoms with van der Waals surface area (Å²) in [7, 11) is 0. The van der Waals surface area contributed by atoms with Crippen LogP contribution in [-0.4, -0.2) is 51.4 Å². The van der Waals surface area contributed by atoms with Crippen LogP contribution in [0.3, 0.4) is 0 Å². The molecule has 0 amide bonds. The molecule has 1 fully saturated rings. The van der Waals surface area contributed by atoms with Crippen molar-refractivity contribution in [2.45, 2.75) is 52.5 Å². The molecular weight excluding hydrogens is 490 g/mol. The standard InChI is InChI=1S/C30H35N7O2/c1-16(2)29-35-27-25(37(29)23-10-9-22(28(32)33)20-7-5-6-8-21(20)23)15-24(17(3)26(27)30(38)39)36(18(4)31)19-11-13-34-14-12-19/h5-10,15-16,19,31,34H,11-14H2,1-4H3,(H3,32,33)(H,38,39). The first-order valence-corrected chi connectivity index (χ1v) is 13.3. The molecule has 202 valence electrons. The minimum Gasteiger partial charge on any atom is -0.478 e. The molecule has 3 aromatic carbocycles. The second kappa shape index (κ2) is 10.1. The van der Waals surface area contributed by atoms with Crippen LogP contribution in [0.5, 0.6) is 0 Å². The monoisotopic (exact) mass is 525 g/mol. The van der Waals surface area contributed by atoms with Crippen LogP contribution < -0.4 is 16.0 Å². The van der Waals surface area contributed by atoms with E-state index in [4.69, 9.17) is 21.5 Å². The van der Waals surface area contributed by atoms with Crippen molar-refractivity contribution in [1.29, 1.82) is 10.8 Å². The molecule has 0 saturated carbocycles. The molecule has 2 heterocycles. The second-order valence-corrected chi connectivity index (χ2v) is 10.6. The zero-order valence-corrected chi connectivity index (χ0v) is 22.8. The van der Waals surface area contributed by atoms with Gasteiger partial charge in [-0.3, -0.25) is 15.4 Å². The molecule has 0 bridgehead atoms.